The minimum atomic E-state index is -0.0852. The van der Waals surface area contributed by atoms with Gasteiger partial charge in [0.1, 0.15) is 11.5 Å². The fourth-order valence-electron chi connectivity index (χ4n) is 2.65. The van der Waals surface area contributed by atoms with Crippen LogP contribution in [0.25, 0.3) is 0 Å². The van der Waals surface area contributed by atoms with Crippen molar-refractivity contribution < 1.29 is 14.3 Å². The van der Waals surface area contributed by atoms with E-state index in [-0.39, 0.29) is 11.9 Å². The molecule has 1 aromatic carbocycles. The number of piperidine rings is 1. The molecule has 0 spiro atoms. The number of carbonyl (C=O) groups excluding carboxylic acids is 1. The first kappa shape index (κ1) is 15.6. The first-order valence-electron chi connectivity index (χ1n) is 7.38. The van der Waals surface area contributed by atoms with Crippen LogP contribution in [0.1, 0.15) is 31.7 Å². The molecule has 0 aliphatic carbocycles. The zero-order valence-corrected chi connectivity index (χ0v) is 12.9. The van der Waals surface area contributed by atoms with Crippen LogP contribution in [0.2, 0.25) is 0 Å². The van der Waals surface area contributed by atoms with E-state index < -0.39 is 0 Å². The molecule has 1 aromatic rings. The summed E-state index contributed by atoms with van der Waals surface area (Å²) >= 11 is 0. The molecule has 1 aliphatic rings. The van der Waals surface area contributed by atoms with E-state index in [1.165, 1.54) is 0 Å². The second-order valence-electron chi connectivity index (χ2n) is 5.45. The minimum absolute atomic E-state index is 0.0550. The van der Waals surface area contributed by atoms with Crippen LogP contribution in [-0.4, -0.2) is 32.2 Å². The number of nitrogens with one attached hydrogen (secondary N) is 2. The fraction of sp³-hybridized carbons (Fsp3) is 0.562. The topological polar surface area (TPSA) is 59.6 Å². The van der Waals surface area contributed by atoms with E-state index >= 15 is 0 Å². The Kier molecular flexibility index (Phi) is 5.44. The number of ether oxygens (including phenoxy) is 2. The number of carbonyl (C=O) groups is 1. The van der Waals surface area contributed by atoms with Crippen LogP contribution in [0.3, 0.4) is 0 Å². The summed E-state index contributed by atoms with van der Waals surface area (Å²) in [6.07, 6.45) is 3.13. The quantitative estimate of drug-likeness (QED) is 0.869. The Hall–Kier alpha value is -1.75. The first-order chi connectivity index (χ1) is 10.1. The van der Waals surface area contributed by atoms with Crippen LogP contribution in [0.5, 0.6) is 11.5 Å². The van der Waals surface area contributed by atoms with Gasteiger partial charge in [0, 0.05) is 24.2 Å². The molecule has 116 valence electrons. The van der Waals surface area contributed by atoms with Gasteiger partial charge in [0.15, 0.2) is 0 Å². The van der Waals surface area contributed by atoms with E-state index in [0.29, 0.717) is 12.6 Å². The number of hydrogen-bond donors (Lipinski definition) is 2. The van der Waals surface area contributed by atoms with Gasteiger partial charge in [-0.05, 0) is 38.3 Å². The Bertz CT molecular complexity index is 490. The van der Waals surface area contributed by atoms with Gasteiger partial charge in [-0.3, -0.25) is 4.79 Å². The summed E-state index contributed by atoms with van der Waals surface area (Å²) in [5, 5.41) is 6.32. The lowest BCUT2D eigenvalue weighted by Gasteiger charge is -2.27. The smallest absolute Gasteiger partial charge is 0.237 e. The van der Waals surface area contributed by atoms with E-state index in [2.05, 4.69) is 17.6 Å². The van der Waals surface area contributed by atoms with Crippen molar-refractivity contribution in [2.24, 2.45) is 0 Å². The maximum absolute atomic E-state index is 12.2. The molecule has 0 radical (unpaired) electrons. The lowest BCUT2D eigenvalue weighted by atomic mass is 9.99. The molecule has 1 fully saturated rings. The SMILES string of the molecule is COc1ccc(CNC(=O)C2CCCC(C)N2)c(OC)c1. The van der Waals surface area contributed by atoms with Crippen molar-refractivity contribution in [3.63, 3.8) is 0 Å². The molecule has 5 nitrogen and oxygen atoms in total. The van der Waals surface area contributed by atoms with E-state index in [1.807, 2.05) is 18.2 Å². The maximum atomic E-state index is 12.2. The number of rotatable bonds is 5. The monoisotopic (exact) mass is 292 g/mol. The summed E-state index contributed by atoms with van der Waals surface area (Å²) < 4.78 is 10.5. The minimum Gasteiger partial charge on any atom is -0.497 e. The molecule has 5 heteroatoms. The second-order valence-corrected chi connectivity index (χ2v) is 5.45. The number of methoxy groups -OCH3 is 2. The number of amides is 1. The average Bonchev–Trinajstić information content (AvgIpc) is 2.52. The number of hydrogen-bond acceptors (Lipinski definition) is 4. The highest BCUT2D eigenvalue weighted by atomic mass is 16.5. The van der Waals surface area contributed by atoms with Crippen LogP contribution in [0.15, 0.2) is 18.2 Å². The van der Waals surface area contributed by atoms with Crippen molar-refractivity contribution in [3.8, 4) is 11.5 Å². The molecular weight excluding hydrogens is 268 g/mol. The number of benzene rings is 1. The molecule has 1 aliphatic heterocycles. The van der Waals surface area contributed by atoms with E-state index in [1.54, 1.807) is 14.2 Å². The molecule has 1 saturated heterocycles. The van der Waals surface area contributed by atoms with Crippen molar-refractivity contribution in [2.45, 2.75) is 44.8 Å². The molecule has 0 saturated carbocycles. The Morgan fingerprint density at radius 2 is 2.14 bits per heavy atom. The van der Waals surface area contributed by atoms with Gasteiger partial charge in [0.25, 0.3) is 0 Å². The summed E-state index contributed by atoms with van der Waals surface area (Å²) in [6, 6.07) is 5.92. The van der Waals surface area contributed by atoms with Crippen LogP contribution < -0.4 is 20.1 Å². The second kappa shape index (κ2) is 7.31. The lowest BCUT2D eigenvalue weighted by Crippen LogP contribution is -2.49. The van der Waals surface area contributed by atoms with Crippen LogP contribution in [0.4, 0.5) is 0 Å². The molecule has 2 rings (SSSR count). The molecule has 0 aromatic heterocycles. The highest BCUT2D eigenvalue weighted by Gasteiger charge is 2.23. The molecule has 2 atom stereocenters. The zero-order chi connectivity index (χ0) is 15.2. The van der Waals surface area contributed by atoms with Crippen LogP contribution in [-0.2, 0) is 11.3 Å². The highest BCUT2D eigenvalue weighted by Crippen LogP contribution is 2.24. The summed E-state index contributed by atoms with van der Waals surface area (Å²) in [7, 11) is 3.23. The summed E-state index contributed by atoms with van der Waals surface area (Å²) in [4.78, 5) is 12.2. The van der Waals surface area contributed by atoms with Crippen molar-refractivity contribution in [1.82, 2.24) is 10.6 Å². The van der Waals surface area contributed by atoms with Crippen molar-refractivity contribution in [2.75, 3.05) is 14.2 Å². The lowest BCUT2D eigenvalue weighted by molar-refractivity contribution is -0.124. The highest BCUT2D eigenvalue weighted by molar-refractivity contribution is 5.81. The van der Waals surface area contributed by atoms with Crippen molar-refractivity contribution in [1.29, 1.82) is 0 Å². The molecule has 2 N–H and O–H groups in total. The third-order valence-electron chi connectivity index (χ3n) is 3.88. The van der Waals surface area contributed by atoms with Gasteiger partial charge < -0.3 is 20.1 Å². The van der Waals surface area contributed by atoms with Gasteiger partial charge in [-0.1, -0.05) is 0 Å². The molecule has 0 bridgehead atoms. The molecule has 1 amide bonds. The summed E-state index contributed by atoms with van der Waals surface area (Å²) in [5.41, 5.74) is 0.940. The molecular formula is C16H24N2O3. The summed E-state index contributed by atoms with van der Waals surface area (Å²) in [6.45, 7) is 2.57. The first-order valence-corrected chi connectivity index (χ1v) is 7.38. The Morgan fingerprint density at radius 1 is 1.33 bits per heavy atom. The van der Waals surface area contributed by atoms with Gasteiger partial charge in [-0.15, -0.1) is 0 Å². The third-order valence-corrected chi connectivity index (χ3v) is 3.88. The molecule has 21 heavy (non-hydrogen) atoms. The van der Waals surface area contributed by atoms with E-state index in [9.17, 15) is 4.79 Å². The Balaban J connectivity index is 1.94. The maximum Gasteiger partial charge on any atom is 0.237 e. The predicted molar refractivity (Wildman–Crippen MR) is 81.6 cm³/mol. The van der Waals surface area contributed by atoms with Gasteiger partial charge in [0.05, 0.1) is 20.3 Å². The van der Waals surface area contributed by atoms with E-state index in [0.717, 1.165) is 36.3 Å². The molecule has 2 unspecified atom stereocenters. The zero-order valence-electron chi connectivity index (χ0n) is 12.9. The van der Waals surface area contributed by atoms with E-state index in [4.69, 9.17) is 9.47 Å². The molecule has 1 heterocycles. The Morgan fingerprint density at radius 3 is 2.81 bits per heavy atom. The summed E-state index contributed by atoms with van der Waals surface area (Å²) in [5.74, 6) is 1.52. The van der Waals surface area contributed by atoms with Gasteiger partial charge in [0.2, 0.25) is 5.91 Å². The normalized spacial score (nSPS) is 21.7. The van der Waals surface area contributed by atoms with Crippen LogP contribution in [0, 0.1) is 0 Å². The Labute approximate surface area is 126 Å². The fourth-order valence-corrected chi connectivity index (χ4v) is 2.65. The van der Waals surface area contributed by atoms with Gasteiger partial charge in [-0.25, -0.2) is 0 Å². The average molecular weight is 292 g/mol. The van der Waals surface area contributed by atoms with Gasteiger partial charge >= 0.3 is 0 Å². The van der Waals surface area contributed by atoms with Crippen molar-refractivity contribution in [3.05, 3.63) is 23.8 Å². The van der Waals surface area contributed by atoms with Crippen LogP contribution >= 0.6 is 0 Å². The van der Waals surface area contributed by atoms with Crippen molar-refractivity contribution >= 4 is 5.91 Å². The van der Waals surface area contributed by atoms with Gasteiger partial charge in [-0.2, -0.15) is 0 Å². The largest absolute Gasteiger partial charge is 0.497 e. The standard InChI is InChI=1S/C16H24N2O3/c1-11-5-4-6-14(18-11)16(19)17-10-12-7-8-13(20-2)9-15(12)21-3/h7-9,11,14,18H,4-6,10H2,1-3H3,(H,17,19). The predicted octanol–water partition coefficient (Wildman–Crippen LogP) is 1.85. The third kappa shape index (κ3) is 4.11.